The molecule has 0 aliphatic rings. The summed E-state index contributed by atoms with van der Waals surface area (Å²) in [6, 6.07) is 7.72. The molecule has 54 heavy (non-hydrogen) atoms. The van der Waals surface area contributed by atoms with E-state index >= 15 is 0 Å². The molecule has 0 spiro atoms. The quantitative estimate of drug-likeness (QED) is 0.0489. The van der Waals surface area contributed by atoms with E-state index in [2.05, 4.69) is 40.5 Å². The monoisotopic (exact) mass is 796 g/mol. The van der Waals surface area contributed by atoms with Gasteiger partial charge in [-0.1, -0.05) is 12.1 Å². The van der Waals surface area contributed by atoms with Crippen LogP contribution in [0.4, 0.5) is 35.2 Å². The Bertz CT molecular complexity index is 1950. The van der Waals surface area contributed by atoms with Gasteiger partial charge in [-0.25, -0.2) is 0 Å². The van der Waals surface area contributed by atoms with Gasteiger partial charge in [0.1, 0.15) is 0 Å². The first kappa shape index (κ1) is 41.7. The summed E-state index contributed by atoms with van der Waals surface area (Å²) in [4.78, 5) is 26.9. The highest BCUT2D eigenvalue weighted by Gasteiger charge is 2.22. The van der Waals surface area contributed by atoms with Crippen molar-refractivity contribution in [3.8, 4) is 12.0 Å². The van der Waals surface area contributed by atoms with E-state index in [4.69, 9.17) is 9.47 Å². The molecule has 0 amide bonds. The van der Waals surface area contributed by atoms with E-state index < -0.39 is 30.0 Å². The van der Waals surface area contributed by atoms with Gasteiger partial charge in [-0.3, -0.25) is 9.11 Å². The summed E-state index contributed by atoms with van der Waals surface area (Å²) in [6.45, 7) is -0.731. The number of aromatic nitrogens is 6. The lowest BCUT2D eigenvalue weighted by Crippen LogP contribution is -2.31. The number of nitrogens with zero attached hydrogens (tertiary/aromatic N) is 8. The Morgan fingerprint density at radius 1 is 0.574 bits per heavy atom. The van der Waals surface area contributed by atoms with E-state index in [1.54, 1.807) is 0 Å². The minimum absolute atomic E-state index is 0.0513. The van der Waals surface area contributed by atoms with Crippen LogP contribution >= 0.6 is 0 Å². The minimum atomic E-state index is -4.82. The van der Waals surface area contributed by atoms with Gasteiger partial charge in [-0.05, 0) is 48.2 Å². The summed E-state index contributed by atoms with van der Waals surface area (Å²) < 4.78 is 80.5. The van der Waals surface area contributed by atoms with Crippen LogP contribution in [0.2, 0.25) is 0 Å². The predicted octanol–water partition coefficient (Wildman–Crippen LogP) is -0.578. The van der Waals surface area contributed by atoms with Gasteiger partial charge in [0, 0.05) is 37.6 Å². The molecule has 4 aromatic rings. The second-order valence-electron chi connectivity index (χ2n) is 11.1. The first-order chi connectivity index (χ1) is 25.7. The molecule has 2 aromatic carbocycles. The average molecular weight is 797 g/mol. The Kier molecular flexibility index (Phi) is 14.5. The number of anilines is 6. The molecular formula is C30H40N10O12S2. The zero-order chi connectivity index (χ0) is 39.5. The number of aryl methyl sites for hydroxylation is 2. The number of benzene rings is 2. The fourth-order valence-corrected chi connectivity index (χ4v) is 6.62. The van der Waals surface area contributed by atoms with E-state index in [0.29, 0.717) is 0 Å². The molecular weight excluding hydrogens is 757 g/mol. The van der Waals surface area contributed by atoms with Crippen molar-refractivity contribution in [3.63, 3.8) is 0 Å². The third kappa shape index (κ3) is 11.2. The largest absolute Gasteiger partial charge is 0.467 e. The highest BCUT2D eigenvalue weighted by Crippen LogP contribution is 2.28. The van der Waals surface area contributed by atoms with Crippen molar-refractivity contribution in [2.24, 2.45) is 0 Å². The van der Waals surface area contributed by atoms with Gasteiger partial charge < -0.3 is 50.3 Å². The van der Waals surface area contributed by atoms with E-state index in [1.807, 2.05) is 0 Å². The molecule has 0 aliphatic carbocycles. The van der Waals surface area contributed by atoms with Gasteiger partial charge in [-0.2, -0.15) is 46.7 Å². The van der Waals surface area contributed by atoms with Crippen molar-refractivity contribution in [1.82, 2.24) is 29.9 Å². The van der Waals surface area contributed by atoms with Crippen LogP contribution in [-0.2, 0) is 33.1 Å². The number of aliphatic hydroxyl groups excluding tert-OH is 4. The zero-order valence-corrected chi connectivity index (χ0v) is 30.7. The average Bonchev–Trinajstić information content (AvgIpc) is 3.13. The molecule has 0 unspecified atom stereocenters. The molecule has 2 heterocycles. The lowest BCUT2D eigenvalue weighted by atomic mass is 10.0. The Morgan fingerprint density at radius 2 is 0.926 bits per heavy atom. The molecule has 0 aliphatic heterocycles. The lowest BCUT2D eigenvalue weighted by molar-refractivity contribution is 0.279. The highest BCUT2D eigenvalue weighted by molar-refractivity contribution is 7.86. The van der Waals surface area contributed by atoms with Crippen molar-refractivity contribution in [2.75, 3.05) is 87.3 Å². The van der Waals surface area contributed by atoms with E-state index in [1.165, 1.54) is 48.3 Å². The second-order valence-corrected chi connectivity index (χ2v) is 13.9. The van der Waals surface area contributed by atoms with Gasteiger partial charge in [0.05, 0.1) is 50.4 Å². The van der Waals surface area contributed by atoms with Crippen LogP contribution < -0.4 is 29.9 Å². The third-order valence-electron chi connectivity index (χ3n) is 7.48. The molecule has 22 nitrogen and oxygen atoms in total. The molecule has 0 atom stereocenters. The topological polar surface area (TPSA) is 316 Å². The standard InChI is InChI=1S/C30H40N10O12S2/c1-51-29-35-25(33-27(37-29)39(9-13-41)10-14-42)31-21-7-5-19(23(17-21)53(45,46)47)3-4-20-6-8-22(18-24(20)54(48,49)50)32-26-34-28(38-30(36-26)52-2)40(11-15-43)12-16-44/h5-8,17-18,41-44H,3-4,9-16H2,1-2H3,(H,45,46,47)(H,48,49,50)(H,31,33,35,37)(H,32,34,36,38). The number of aliphatic hydroxyl groups is 4. The van der Waals surface area contributed by atoms with Gasteiger partial charge in [0.15, 0.2) is 0 Å². The predicted molar refractivity (Wildman–Crippen MR) is 192 cm³/mol. The fourth-order valence-electron chi connectivity index (χ4n) is 5.06. The SMILES string of the molecule is COc1nc(Nc2ccc(CCc3ccc(Nc4nc(OC)nc(N(CCO)CCO)n4)cc3S(=O)(=O)O)c(S(=O)(=O)O)c2)nc(N(CCO)CCO)n1. The van der Waals surface area contributed by atoms with Crippen molar-refractivity contribution in [3.05, 3.63) is 47.5 Å². The maximum atomic E-state index is 12.5. The third-order valence-corrected chi connectivity index (χ3v) is 9.35. The Balaban J connectivity index is 1.61. The number of hydrogen-bond acceptors (Lipinski definition) is 20. The summed E-state index contributed by atoms with van der Waals surface area (Å²) in [5, 5.41) is 43.3. The summed E-state index contributed by atoms with van der Waals surface area (Å²) in [7, 11) is -7.03. The Hall–Kier alpha value is -5.08. The summed E-state index contributed by atoms with van der Waals surface area (Å²) in [5.41, 5.74) is 0.476. The van der Waals surface area contributed by atoms with Crippen LogP contribution in [0.15, 0.2) is 46.2 Å². The zero-order valence-electron chi connectivity index (χ0n) is 29.1. The van der Waals surface area contributed by atoms with Crippen molar-refractivity contribution in [1.29, 1.82) is 0 Å². The minimum Gasteiger partial charge on any atom is -0.467 e. The van der Waals surface area contributed by atoms with Crippen molar-refractivity contribution < 1.29 is 55.8 Å². The van der Waals surface area contributed by atoms with E-state index in [9.17, 15) is 46.4 Å². The van der Waals surface area contributed by atoms with Crippen LogP contribution in [0.25, 0.3) is 0 Å². The van der Waals surface area contributed by atoms with Gasteiger partial charge in [-0.15, -0.1) is 0 Å². The van der Waals surface area contributed by atoms with Crippen LogP contribution in [0.5, 0.6) is 12.0 Å². The summed E-state index contributed by atoms with van der Waals surface area (Å²) in [5.74, 6) is -0.0682. The van der Waals surface area contributed by atoms with Gasteiger partial charge >= 0.3 is 12.0 Å². The van der Waals surface area contributed by atoms with E-state index in [0.717, 1.165) is 12.1 Å². The van der Waals surface area contributed by atoms with Crippen molar-refractivity contribution >= 4 is 55.4 Å². The first-order valence-electron chi connectivity index (χ1n) is 16.0. The molecule has 0 saturated carbocycles. The summed E-state index contributed by atoms with van der Waals surface area (Å²) in [6.07, 6.45) is -0.212. The maximum absolute atomic E-state index is 12.5. The fraction of sp³-hybridized carbons (Fsp3) is 0.400. The maximum Gasteiger partial charge on any atom is 0.322 e. The van der Waals surface area contributed by atoms with Crippen LogP contribution in [0.3, 0.4) is 0 Å². The van der Waals surface area contributed by atoms with Crippen LogP contribution in [0.1, 0.15) is 11.1 Å². The smallest absolute Gasteiger partial charge is 0.322 e. The first-order valence-corrected chi connectivity index (χ1v) is 18.9. The van der Waals surface area contributed by atoms with Gasteiger partial charge in [0.2, 0.25) is 23.8 Å². The van der Waals surface area contributed by atoms with E-state index in [-0.39, 0.29) is 124 Å². The molecule has 24 heteroatoms. The van der Waals surface area contributed by atoms with Crippen LogP contribution in [0, 0.1) is 0 Å². The molecule has 0 radical (unpaired) electrons. The molecule has 0 fully saturated rings. The molecule has 8 N–H and O–H groups in total. The number of nitrogens with one attached hydrogen (secondary N) is 2. The van der Waals surface area contributed by atoms with Gasteiger partial charge in [0.25, 0.3) is 20.2 Å². The molecule has 4 rings (SSSR count). The van der Waals surface area contributed by atoms with Crippen LogP contribution in [-0.4, -0.2) is 143 Å². The number of ether oxygens (including phenoxy) is 2. The Morgan fingerprint density at radius 3 is 1.22 bits per heavy atom. The Labute approximate surface area is 310 Å². The lowest BCUT2D eigenvalue weighted by Gasteiger charge is -2.21. The molecule has 0 bridgehead atoms. The highest BCUT2D eigenvalue weighted by atomic mass is 32.2. The summed E-state index contributed by atoms with van der Waals surface area (Å²) >= 11 is 0. The number of rotatable bonds is 21. The number of methoxy groups -OCH3 is 2. The molecule has 2 aromatic heterocycles. The molecule has 294 valence electrons. The molecule has 0 saturated heterocycles. The second kappa shape index (κ2) is 18.8. The number of hydrogen-bond donors (Lipinski definition) is 8. The normalized spacial score (nSPS) is 11.6. The van der Waals surface area contributed by atoms with Crippen molar-refractivity contribution in [2.45, 2.75) is 22.6 Å².